The topological polar surface area (TPSA) is 11.4 Å². The van der Waals surface area contributed by atoms with E-state index in [1.54, 1.807) is 0 Å². The van der Waals surface area contributed by atoms with Crippen LogP contribution in [-0.4, -0.2) is 52.1 Å². The van der Waals surface area contributed by atoms with Crippen molar-refractivity contribution >= 4 is 50.4 Å². The SMILES string of the molecule is Br.ClC1(N2CCN(CCCn3c4ccccc4c4ccccc43)CC2)C=CC=CC1. The highest BCUT2D eigenvalue weighted by Crippen LogP contribution is 2.31. The molecule has 5 rings (SSSR count). The van der Waals surface area contributed by atoms with Gasteiger partial charge in [-0.05, 0) is 31.2 Å². The monoisotopic (exact) mass is 485 g/mol. The minimum absolute atomic E-state index is 0. The van der Waals surface area contributed by atoms with Gasteiger partial charge in [-0.25, -0.2) is 0 Å². The van der Waals surface area contributed by atoms with Gasteiger partial charge in [-0.2, -0.15) is 0 Å². The number of hydrogen-bond acceptors (Lipinski definition) is 2. The number of para-hydroxylation sites is 2. The molecule has 0 saturated carbocycles. The quantitative estimate of drug-likeness (QED) is 0.332. The zero-order valence-corrected chi connectivity index (χ0v) is 19.7. The smallest absolute Gasteiger partial charge is 0.118 e. The van der Waals surface area contributed by atoms with E-state index in [2.05, 4.69) is 87.2 Å². The van der Waals surface area contributed by atoms with Gasteiger partial charge in [0.25, 0.3) is 0 Å². The van der Waals surface area contributed by atoms with Crippen LogP contribution in [0.1, 0.15) is 12.8 Å². The Labute approximate surface area is 194 Å². The van der Waals surface area contributed by atoms with Crippen LogP contribution in [0.3, 0.4) is 0 Å². The lowest BCUT2D eigenvalue weighted by molar-refractivity contribution is 0.0951. The predicted molar refractivity (Wildman–Crippen MR) is 134 cm³/mol. The second-order valence-electron chi connectivity index (χ2n) is 8.18. The van der Waals surface area contributed by atoms with E-state index in [0.717, 1.165) is 52.1 Å². The number of hydrogen-bond donors (Lipinski definition) is 0. The lowest BCUT2D eigenvalue weighted by atomic mass is 10.1. The molecule has 0 spiro atoms. The summed E-state index contributed by atoms with van der Waals surface area (Å²) in [5.41, 5.74) is 2.69. The van der Waals surface area contributed by atoms with Crippen molar-refractivity contribution in [3.63, 3.8) is 0 Å². The first-order valence-corrected chi connectivity index (χ1v) is 11.1. The van der Waals surface area contributed by atoms with Crippen LogP contribution >= 0.6 is 28.6 Å². The van der Waals surface area contributed by atoms with E-state index in [1.165, 1.54) is 21.8 Å². The molecule has 1 fully saturated rings. The fourth-order valence-corrected chi connectivity index (χ4v) is 5.19. The Balaban J connectivity index is 0.00000218. The molecule has 2 heterocycles. The van der Waals surface area contributed by atoms with Crippen LogP contribution in [0.5, 0.6) is 0 Å². The third kappa shape index (κ3) is 4.11. The third-order valence-corrected chi connectivity index (χ3v) is 6.96. The number of benzene rings is 2. The fourth-order valence-electron chi connectivity index (χ4n) is 4.86. The van der Waals surface area contributed by atoms with Crippen LogP contribution in [0.2, 0.25) is 0 Å². The molecule has 3 aromatic rings. The molecular weight excluding hydrogens is 458 g/mol. The molecule has 1 aromatic heterocycles. The number of halogens is 2. The van der Waals surface area contributed by atoms with Crippen LogP contribution in [0, 0.1) is 0 Å². The van der Waals surface area contributed by atoms with Crippen molar-refractivity contribution < 1.29 is 0 Å². The summed E-state index contributed by atoms with van der Waals surface area (Å²) in [6, 6.07) is 17.6. The molecule has 1 aliphatic heterocycles. The first-order chi connectivity index (χ1) is 14.2. The average molecular weight is 487 g/mol. The summed E-state index contributed by atoms with van der Waals surface area (Å²) < 4.78 is 2.49. The standard InChI is InChI=1S/C25H28ClN3.BrH/c26-25(13-6-1-7-14-25)28-19-17-27(18-20-28)15-8-16-29-23-11-4-2-9-21(23)22-10-3-5-12-24(22)29;/h1-7,9-13H,8,14-20H2;1H. The summed E-state index contributed by atoms with van der Waals surface area (Å²) in [6.45, 7) is 6.47. The Morgan fingerprint density at radius 3 is 2.03 bits per heavy atom. The van der Waals surface area contributed by atoms with Gasteiger partial charge in [0.15, 0.2) is 0 Å². The van der Waals surface area contributed by atoms with Crippen molar-refractivity contribution in [1.29, 1.82) is 0 Å². The fraction of sp³-hybridized carbons (Fsp3) is 0.360. The zero-order valence-electron chi connectivity index (χ0n) is 17.2. The number of aryl methyl sites for hydroxylation is 1. The van der Waals surface area contributed by atoms with Gasteiger partial charge in [0.05, 0.1) is 0 Å². The van der Waals surface area contributed by atoms with Crippen molar-refractivity contribution in [1.82, 2.24) is 14.4 Å². The van der Waals surface area contributed by atoms with Gasteiger partial charge >= 0.3 is 0 Å². The number of nitrogens with zero attached hydrogens (tertiary/aromatic N) is 3. The van der Waals surface area contributed by atoms with Crippen molar-refractivity contribution in [3.8, 4) is 0 Å². The summed E-state index contributed by atoms with van der Waals surface area (Å²) in [7, 11) is 0. The first kappa shape index (κ1) is 21.6. The lowest BCUT2D eigenvalue weighted by Crippen LogP contribution is -2.54. The van der Waals surface area contributed by atoms with E-state index in [0.29, 0.717) is 0 Å². The summed E-state index contributed by atoms with van der Waals surface area (Å²) >= 11 is 6.85. The van der Waals surface area contributed by atoms with E-state index < -0.39 is 0 Å². The average Bonchev–Trinajstić information content (AvgIpc) is 3.09. The van der Waals surface area contributed by atoms with Gasteiger partial charge in [-0.3, -0.25) is 4.90 Å². The number of aromatic nitrogens is 1. The molecule has 0 radical (unpaired) electrons. The summed E-state index contributed by atoms with van der Waals surface area (Å²) in [5.74, 6) is 0. The van der Waals surface area contributed by atoms with Crippen molar-refractivity contribution in [2.45, 2.75) is 24.4 Å². The van der Waals surface area contributed by atoms with E-state index >= 15 is 0 Å². The molecule has 3 nitrogen and oxygen atoms in total. The Kier molecular flexibility index (Phi) is 6.69. The van der Waals surface area contributed by atoms with Gasteiger partial charge in [0, 0.05) is 61.0 Å². The van der Waals surface area contributed by atoms with E-state index in [1.807, 2.05) is 0 Å². The molecule has 2 aliphatic rings. The predicted octanol–water partition coefficient (Wildman–Crippen LogP) is 5.83. The Bertz CT molecular complexity index is 1010. The van der Waals surface area contributed by atoms with E-state index in [-0.39, 0.29) is 22.0 Å². The molecule has 0 amide bonds. The van der Waals surface area contributed by atoms with Crippen molar-refractivity contribution in [3.05, 3.63) is 72.8 Å². The summed E-state index contributed by atoms with van der Waals surface area (Å²) in [5, 5.41) is 2.72. The largest absolute Gasteiger partial charge is 0.340 e. The van der Waals surface area contributed by atoms with Crippen LogP contribution in [-0.2, 0) is 6.54 Å². The molecule has 1 unspecified atom stereocenters. The highest BCUT2D eigenvalue weighted by Gasteiger charge is 2.33. The summed E-state index contributed by atoms with van der Waals surface area (Å²) in [6.07, 6.45) is 10.5. The Hall–Kier alpha value is -1.59. The molecule has 0 N–H and O–H groups in total. The van der Waals surface area contributed by atoms with Gasteiger partial charge in [0.1, 0.15) is 5.00 Å². The lowest BCUT2D eigenvalue weighted by Gasteiger charge is -2.43. The zero-order chi connectivity index (χ0) is 19.7. The van der Waals surface area contributed by atoms with E-state index in [4.69, 9.17) is 11.6 Å². The Morgan fingerprint density at radius 2 is 1.43 bits per heavy atom. The third-order valence-electron chi connectivity index (χ3n) is 6.44. The van der Waals surface area contributed by atoms with Crippen LogP contribution < -0.4 is 0 Å². The number of allylic oxidation sites excluding steroid dienone is 2. The Morgan fingerprint density at radius 1 is 0.800 bits per heavy atom. The minimum atomic E-state index is -0.316. The number of alkyl halides is 1. The van der Waals surface area contributed by atoms with E-state index in [9.17, 15) is 0 Å². The van der Waals surface area contributed by atoms with Crippen molar-refractivity contribution in [2.75, 3.05) is 32.7 Å². The second kappa shape index (κ2) is 9.27. The highest BCUT2D eigenvalue weighted by molar-refractivity contribution is 8.93. The van der Waals surface area contributed by atoms with Gasteiger partial charge < -0.3 is 9.47 Å². The van der Waals surface area contributed by atoms with Crippen molar-refractivity contribution in [2.24, 2.45) is 0 Å². The van der Waals surface area contributed by atoms with Gasteiger partial charge in [0.2, 0.25) is 0 Å². The van der Waals surface area contributed by atoms with Crippen LogP contribution in [0.15, 0.2) is 72.8 Å². The second-order valence-corrected chi connectivity index (χ2v) is 8.83. The molecule has 5 heteroatoms. The number of piperazine rings is 1. The normalized spacial score (nSPS) is 22.6. The maximum absolute atomic E-state index is 6.85. The van der Waals surface area contributed by atoms with Gasteiger partial charge in [-0.15, -0.1) is 17.0 Å². The molecule has 1 atom stereocenters. The first-order valence-electron chi connectivity index (χ1n) is 10.7. The van der Waals surface area contributed by atoms with Crippen LogP contribution in [0.4, 0.5) is 0 Å². The van der Waals surface area contributed by atoms with Crippen LogP contribution in [0.25, 0.3) is 21.8 Å². The molecule has 1 saturated heterocycles. The minimum Gasteiger partial charge on any atom is -0.340 e. The molecule has 30 heavy (non-hydrogen) atoms. The highest BCUT2D eigenvalue weighted by atomic mass is 79.9. The maximum atomic E-state index is 6.85. The number of fused-ring (bicyclic) bond motifs is 3. The summed E-state index contributed by atoms with van der Waals surface area (Å²) in [4.78, 5) is 4.70. The molecule has 158 valence electrons. The molecule has 1 aliphatic carbocycles. The molecular formula is C25H29BrClN3. The molecule has 2 aromatic carbocycles. The number of rotatable bonds is 5. The maximum Gasteiger partial charge on any atom is 0.118 e. The molecule has 0 bridgehead atoms. The van der Waals surface area contributed by atoms with Gasteiger partial charge in [-0.1, -0.05) is 66.2 Å².